The molecule has 1 aromatic rings. The molecular formula is C22H27NO6S. The Bertz CT molecular complexity index is 863. The third kappa shape index (κ3) is 5.66. The molecule has 1 aromatic carbocycles. The molecule has 0 unspecified atom stereocenters. The van der Waals surface area contributed by atoms with Crippen LogP contribution in [0.25, 0.3) is 6.08 Å². The van der Waals surface area contributed by atoms with Crippen molar-refractivity contribution in [3.05, 3.63) is 40.8 Å². The summed E-state index contributed by atoms with van der Waals surface area (Å²) in [6.45, 7) is 9.31. The smallest absolute Gasteiger partial charge is 0.326 e. The van der Waals surface area contributed by atoms with Gasteiger partial charge in [-0.25, -0.2) is 0 Å². The standard InChI is InChI=1S/C22H27NO6S/c1-6-9-16-10-15(11-17(28-8-3)20(16)27-5)12-18-21(25)23(22(26)30-18)13-19(24)29-14(4)7-2/h6,10-12,14H,1,7-9,13H2,2-5H3/b18-12+/t14-/m0/s1. The lowest BCUT2D eigenvalue weighted by Gasteiger charge is -2.15. The highest BCUT2D eigenvalue weighted by Crippen LogP contribution is 2.37. The first-order valence-electron chi connectivity index (χ1n) is 9.73. The van der Waals surface area contributed by atoms with Crippen LogP contribution in [0.4, 0.5) is 4.79 Å². The van der Waals surface area contributed by atoms with Crippen LogP contribution in [-0.2, 0) is 20.7 Å². The van der Waals surface area contributed by atoms with Crippen molar-refractivity contribution in [3.8, 4) is 11.5 Å². The lowest BCUT2D eigenvalue weighted by molar-refractivity contribution is -0.150. The van der Waals surface area contributed by atoms with E-state index in [1.54, 1.807) is 32.3 Å². The first kappa shape index (κ1) is 23.5. The summed E-state index contributed by atoms with van der Waals surface area (Å²) in [5.41, 5.74) is 1.53. The third-order valence-electron chi connectivity index (χ3n) is 4.39. The second-order valence-corrected chi connectivity index (χ2v) is 7.61. The van der Waals surface area contributed by atoms with Crippen molar-refractivity contribution < 1.29 is 28.6 Å². The fourth-order valence-electron chi connectivity index (χ4n) is 2.83. The monoisotopic (exact) mass is 433 g/mol. The number of esters is 1. The molecule has 30 heavy (non-hydrogen) atoms. The largest absolute Gasteiger partial charge is 0.493 e. The molecule has 1 saturated heterocycles. The molecule has 0 radical (unpaired) electrons. The molecule has 1 atom stereocenters. The predicted octanol–water partition coefficient (Wildman–Crippen LogP) is 4.20. The minimum atomic E-state index is -0.607. The van der Waals surface area contributed by atoms with E-state index in [1.807, 2.05) is 19.9 Å². The zero-order valence-corrected chi connectivity index (χ0v) is 18.5. The van der Waals surface area contributed by atoms with Gasteiger partial charge in [-0.1, -0.05) is 13.0 Å². The quantitative estimate of drug-likeness (QED) is 0.311. The number of nitrogens with zero attached hydrogens (tertiary/aromatic N) is 1. The van der Waals surface area contributed by atoms with Crippen LogP contribution in [0.2, 0.25) is 0 Å². The maximum atomic E-state index is 12.7. The van der Waals surface area contributed by atoms with Crippen LogP contribution < -0.4 is 9.47 Å². The summed E-state index contributed by atoms with van der Waals surface area (Å²) in [6.07, 6.45) is 4.29. The normalized spacial score (nSPS) is 16.0. The number of ether oxygens (including phenoxy) is 3. The summed E-state index contributed by atoms with van der Waals surface area (Å²) >= 11 is 0.790. The van der Waals surface area contributed by atoms with Crippen molar-refractivity contribution in [1.29, 1.82) is 0 Å². The van der Waals surface area contributed by atoms with Gasteiger partial charge in [0.15, 0.2) is 11.5 Å². The van der Waals surface area contributed by atoms with Gasteiger partial charge in [0.1, 0.15) is 6.54 Å². The molecular weight excluding hydrogens is 406 g/mol. The summed E-state index contributed by atoms with van der Waals surface area (Å²) in [4.78, 5) is 38.1. The van der Waals surface area contributed by atoms with Crippen LogP contribution in [0.1, 0.15) is 38.3 Å². The Morgan fingerprint density at radius 3 is 2.63 bits per heavy atom. The molecule has 2 amide bonds. The fourth-order valence-corrected chi connectivity index (χ4v) is 3.67. The van der Waals surface area contributed by atoms with Gasteiger partial charge in [0.25, 0.3) is 11.1 Å². The van der Waals surface area contributed by atoms with Gasteiger partial charge in [-0.05, 0) is 62.2 Å². The van der Waals surface area contributed by atoms with Gasteiger partial charge in [-0.2, -0.15) is 0 Å². The Morgan fingerprint density at radius 1 is 1.30 bits per heavy atom. The van der Waals surface area contributed by atoms with Crippen LogP contribution in [-0.4, -0.2) is 48.4 Å². The Hall–Kier alpha value is -2.74. The number of methoxy groups -OCH3 is 1. The molecule has 0 saturated carbocycles. The number of amides is 2. The highest BCUT2D eigenvalue weighted by molar-refractivity contribution is 8.18. The molecule has 162 valence electrons. The molecule has 0 spiro atoms. The number of hydrogen-bond acceptors (Lipinski definition) is 7. The number of carbonyl (C=O) groups excluding carboxylic acids is 3. The molecule has 0 N–H and O–H groups in total. The van der Waals surface area contributed by atoms with Crippen molar-refractivity contribution in [2.75, 3.05) is 20.3 Å². The van der Waals surface area contributed by atoms with Crippen molar-refractivity contribution in [3.63, 3.8) is 0 Å². The number of thioether (sulfide) groups is 1. The lowest BCUT2D eigenvalue weighted by atomic mass is 10.0. The van der Waals surface area contributed by atoms with Crippen LogP contribution in [0.15, 0.2) is 29.7 Å². The maximum absolute atomic E-state index is 12.7. The molecule has 0 aromatic heterocycles. The van der Waals surface area contributed by atoms with E-state index in [0.717, 1.165) is 22.2 Å². The van der Waals surface area contributed by atoms with Gasteiger partial charge in [0.05, 0.1) is 24.7 Å². The SMILES string of the molecule is C=CCc1cc(/C=C2/SC(=O)N(CC(=O)O[C@@H](C)CC)C2=O)cc(OCC)c1OC. The minimum Gasteiger partial charge on any atom is -0.493 e. The van der Waals surface area contributed by atoms with Gasteiger partial charge in [-0.15, -0.1) is 6.58 Å². The van der Waals surface area contributed by atoms with Crippen molar-refractivity contribution in [1.82, 2.24) is 4.90 Å². The molecule has 2 rings (SSSR count). The molecule has 1 fully saturated rings. The summed E-state index contributed by atoms with van der Waals surface area (Å²) in [6, 6.07) is 3.61. The summed E-state index contributed by atoms with van der Waals surface area (Å²) in [7, 11) is 1.56. The maximum Gasteiger partial charge on any atom is 0.326 e. The van der Waals surface area contributed by atoms with Crippen LogP contribution in [0, 0.1) is 0 Å². The average Bonchev–Trinajstić information content (AvgIpc) is 2.95. The Labute approximate surface area is 181 Å². The van der Waals surface area contributed by atoms with Crippen LogP contribution in [0.5, 0.6) is 11.5 Å². The molecule has 7 nitrogen and oxygen atoms in total. The molecule has 0 aliphatic carbocycles. The average molecular weight is 434 g/mol. The molecule has 1 heterocycles. The number of carbonyl (C=O) groups is 3. The predicted molar refractivity (Wildman–Crippen MR) is 117 cm³/mol. The fraction of sp³-hybridized carbons (Fsp3) is 0.409. The van der Waals surface area contributed by atoms with E-state index >= 15 is 0 Å². The first-order chi connectivity index (χ1) is 14.3. The number of imide groups is 1. The highest BCUT2D eigenvalue weighted by atomic mass is 32.2. The number of rotatable bonds is 10. The van der Waals surface area contributed by atoms with E-state index in [0.29, 0.717) is 36.5 Å². The Kier molecular flexibility index (Phi) is 8.53. The molecule has 1 aliphatic heterocycles. The van der Waals surface area contributed by atoms with Gasteiger partial charge >= 0.3 is 5.97 Å². The summed E-state index contributed by atoms with van der Waals surface area (Å²) < 4.78 is 16.3. The first-order valence-corrected chi connectivity index (χ1v) is 10.6. The van der Waals surface area contributed by atoms with E-state index in [4.69, 9.17) is 14.2 Å². The van der Waals surface area contributed by atoms with E-state index < -0.39 is 23.7 Å². The Balaban J connectivity index is 2.30. The zero-order chi connectivity index (χ0) is 22.3. The second-order valence-electron chi connectivity index (χ2n) is 6.61. The van der Waals surface area contributed by atoms with Gasteiger partial charge < -0.3 is 14.2 Å². The van der Waals surface area contributed by atoms with E-state index in [1.165, 1.54) is 0 Å². The van der Waals surface area contributed by atoms with Gasteiger partial charge in [-0.3, -0.25) is 19.3 Å². The Morgan fingerprint density at radius 2 is 2.03 bits per heavy atom. The minimum absolute atomic E-state index is 0.230. The molecule has 0 bridgehead atoms. The summed E-state index contributed by atoms with van der Waals surface area (Å²) in [5, 5.41) is -0.503. The van der Waals surface area contributed by atoms with Crippen molar-refractivity contribution >= 4 is 35.0 Å². The molecule has 8 heteroatoms. The number of allylic oxidation sites excluding steroid dienone is 1. The van der Waals surface area contributed by atoms with Gasteiger partial charge in [0, 0.05) is 5.56 Å². The van der Waals surface area contributed by atoms with E-state index in [9.17, 15) is 14.4 Å². The van der Waals surface area contributed by atoms with Crippen LogP contribution in [0.3, 0.4) is 0 Å². The highest BCUT2D eigenvalue weighted by Gasteiger charge is 2.37. The number of hydrogen-bond donors (Lipinski definition) is 0. The lowest BCUT2D eigenvalue weighted by Crippen LogP contribution is -2.35. The van der Waals surface area contributed by atoms with Gasteiger partial charge in [0.2, 0.25) is 0 Å². The third-order valence-corrected chi connectivity index (χ3v) is 5.30. The van der Waals surface area contributed by atoms with E-state index in [-0.39, 0.29) is 11.0 Å². The van der Waals surface area contributed by atoms with E-state index in [2.05, 4.69) is 6.58 Å². The summed E-state index contributed by atoms with van der Waals surface area (Å²) in [5.74, 6) is 0.0196. The second kappa shape index (κ2) is 10.9. The van der Waals surface area contributed by atoms with Crippen LogP contribution >= 0.6 is 11.8 Å². The van der Waals surface area contributed by atoms with Crippen molar-refractivity contribution in [2.24, 2.45) is 0 Å². The zero-order valence-electron chi connectivity index (χ0n) is 17.7. The number of benzene rings is 1. The van der Waals surface area contributed by atoms with Crippen molar-refractivity contribution in [2.45, 2.75) is 39.7 Å². The molecule has 1 aliphatic rings. The topological polar surface area (TPSA) is 82.1 Å².